The quantitative estimate of drug-likeness (QED) is 0.786. The van der Waals surface area contributed by atoms with Crippen molar-refractivity contribution in [3.63, 3.8) is 0 Å². The molecule has 1 heterocycles. The van der Waals surface area contributed by atoms with Gasteiger partial charge in [0.25, 0.3) is 0 Å². The van der Waals surface area contributed by atoms with Crippen LogP contribution in [0.5, 0.6) is 5.75 Å². The molecule has 0 aliphatic heterocycles. The summed E-state index contributed by atoms with van der Waals surface area (Å²) in [5, 5.41) is 3.67. The predicted octanol–water partition coefficient (Wildman–Crippen LogP) is 3.00. The van der Waals surface area contributed by atoms with E-state index in [0.717, 1.165) is 34.6 Å². The van der Waals surface area contributed by atoms with Gasteiger partial charge in [0.1, 0.15) is 12.4 Å². The Bertz CT molecular complexity index is 393. The largest absolute Gasteiger partial charge is 0.491 e. The zero-order chi connectivity index (χ0) is 12.4. The van der Waals surface area contributed by atoms with Crippen molar-refractivity contribution in [2.75, 3.05) is 13.2 Å². The number of nitrogens with zero attached hydrogens (tertiary/aromatic N) is 1. The highest BCUT2D eigenvalue weighted by Gasteiger charge is 2.40. The zero-order valence-corrected chi connectivity index (χ0v) is 12.0. The molecule has 2 aliphatic rings. The first-order chi connectivity index (χ1) is 8.83. The van der Waals surface area contributed by atoms with E-state index in [9.17, 15) is 0 Å². The van der Waals surface area contributed by atoms with Crippen molar-refractivity contribution in [1.82, 2.24) is 10.3 Å². The molecule has 1 aromatic rings. The number of halogens is 1. The van der Waals surface area contributed by atoms with E-state index in [4.69, 9.17) is 4.74 Å². The minimum atomic E-state index is 0.716. The Morgan fingerprint density at radius 3 is 2.61 bits per heavy atom. The number of hydrogen-bond donors (Lipinski definition) is 1. The molecule has 1 aromatic heterocycles. The summed E-state index contributed by atoms with van der Waals surface area (Å²) in [6, 6.07) is 2.71. The molecule has 2 aliphatic carbocycles. The maximum Gasteiger partial charge on any atom is 0.138 e. The minimum Gasteiger partial charge on any atom is -0.491 e. The Labute approximate surface area is 116 Å². The summed E-state index contributed by atoms with van der Waals surface area (Å²) in [4.78, 5) is 4.08. The first-order valence-electron chi connectivity index (χ1n) is 6.79. The second-order valence-electron chi connectivity index (χ2n) is 5.34. The molecular formula is C14H19BrN2O. The van der Waals surface area contributed by atoms with Crippen LogP contribution in [0.4, 0.5) is 0 Å². The predicted molar refractivity (Wildman–Crippen MR) is 74.7 cm³/mol. The summed E-state index contributed by atoms with van der Waals surface area (Å²) in [6.45, 7) is 1.65. The van der Waals surface area contributed by atoms with Gasteiger partial charge in [0.05, 0.1) is 6.20 Å². The molecule has 1 N–H and O–H groups in total. The normalized spacial score (nSPS) is 19.2. The molecule has 2 saturated carbocycles. The summed E-state index contributed by atoms with van der Waals surface area (Å²) in [5.41, 5.74) is 0. The van der Waals surface area contributed by atoms with Gasteiger partial charge in [-0.25, -0.2) is 0 Å². The van der Waals surface area contributed by atoms with Crippen LogP contribution in [0.1, 0.15) is 25.7 Å². The van der Waals surface area contributed by atoms with E-state index >= 15 is 0 Å². The lowest BCUT2D eigenvalue weighted by Gasteiger charge is -2.17. The van der Waals surface area contributed by atoms with Gasteiger partial charge < -0.3 is 10.1 Å². The van der Waals surface area contributed by atoms with Crippen molar-refractivity contribution in [2.45, 2.75) is 31.7 Å². The van der Waals surface area contributed by atoms with Gasteiger partial charge in [0.2, 0.25) is 0 Å². The van der Waals surface area contributed by atoms with Gasteiger partial charge in [-0.1, -0.05) is 0 Å². The van der Waals surface area contributed by atoms with Crippen LogP contribution in [0, 0.1) is 11.8 Å². The van der Waals surface area contributed by atoms with Crippen molar-refractivity contribution >= 4 is 15.9 Å². The average Bonchev–Trinajstić information content (AvgIpc) is 3.23. The molecule has 0 radical (unpaired) electrons. The standard InChI is InChI=1S/C14H19BrN2O/c15-12-7-13(9-16-8-12)18-6-5-17-14(10-1-2-10)11-3-4-11/h7-11,14,17H,1-6H2. The molecule has 0 unspecified atom stereocenters. The minimum absolute atomic E-state index is 0.716. The van der Waals surface area contributed by atoms with Gasteiger partial charge in [0.15, 0.2) is 0 Å². The lowest BCUT2D eigenvalue weighted by Crippen LogP contribution is -2.36. The summed E-state index contributed by atoms with van der Waals surface area (Å²) >= 11 is 3.39. The third-order valence-electron chi connectivity index (χ3n) is 3.69. The highest BCUT2D eigenvalue weighted by atomic mass is 79.9. The van der Waals surface area contributed by atoms with Crippen LogP contribution in [-0.2, 0) is 0 Å². The van der Waals surface area contributed by atoms with Crippen LogP contribution in [0.2, 0.25) is 0 Å². The second kappa shape index (κ2) is 5.57. The Hall–Kier alpha value is -0.610. The highest BCUT2D eigenvalue weighted by molar-refractivity contribution is 9.10. The lowest BCUT2D eigenvalue weighted by molar-refractivity contribution is 0.292. The molecule has 0 bridgehead atoms. The van der Waals surface area contributed by atoms with E-state index in [0.29, 0.717) is 6.61 Å². The average molecular weight is 311 g/mol. The van der Waals surface area contributed by atoms with Crippen molar-refractivity contribution in [1.29, 1.82) is 0 Å². The van der Waals surface area contributed by atoms with Crippen molar-refractivity contribution in [3.05, 3.63) is 22.9 Å². The van der Waals surface area contributed by atoms with Gasteiger partial charge in [-0.3, -0.25) is 4.98 Å². The van der Waals surface area contributed by atoms with Crippen molar-refractivity contribution in [3.8, 4) is 5.75 Å². The number of nitrogens with one attached hydrogen (secondary N) is 1. The van der Waals surface area contributed by atoms with E-state index in [1.165, 1.54) is 25.7 Å². The van der Waals surface area contributed by atoms with Crippen LogP contribution in [0.3, 0.4) is 0 Å². The fourth-order valence-electron chi connectivity index (χ4n) is 2.49. The smallest absolute Gasteiger partial charge is 0.138 e. The fourth-order valence-corrected chi connectivity index (χ4v) is 2.84. The van der Waals surface area contributed by atoms with E-state index in [1.54, 1.807) is 12.4 Å². The Morgan fingerprint density at radius 2 is 2.00 bits per heavy atom. The summed E-state index contributed by atoms with van der Waals surface area (Å²) in [7, 11) is 0. The molecule has 3 nitrogen and oxygen atoms in total. The van der Waals surface area contributed by atoms with Crippen LogP contribution in [-0.4, -0.2) is 24.2 Å². The number of aromatic nitrogens is 1. The van der Waals surface area contributed by atoms with E-state index in [2.05, 4.69) is 26.2 Å². The molecule has 0 saturated heterocycles. The maximum atomic E-state index is 5.68. The second-order valence-corrected chi connectivity index (χ2v) is 6.26. The monoisotopic (exact) mass is 310 g/mol. The third kappa shape index (κ3) is 3.45. The molecule has 0 amide bonds. The molecular weight excluding hydrogens is 292 g/mol. The van der Waals surface area contributed by atoms with Crippen LogP contribution < -0.4 is 10.1 Å². The zero-order valence-electron chi connectivity index (χ0n) is 10.4. The van der Waals surface area contributed by atoms with Gasteiger partial charge >= 0.3 is 0 Å². The fraction of sp³-hybridized carbons (Fsp3) is 0.643. The lowest BCUT2D eigenvalue weighted by atomic mass is 10.1. The Morgan fingerprint density at radius 1 is 1.28 bits per heavy atom. The SMILES string of the molecule is Brc1cncc(OCCNC(C2CC2)C2CC2)c1. The number of rotatable bonds is 7. The first kappa shape index (κ1) is 12.4. The topological polar surface area (TPSA) is 34.1 Å². The Kier molecular flexibility index (Phi) is 3.85. The summed E-state index contributed by atoms with van der Waals surface area (Å²) in [5.74, 6) is 2.73. The Balaban J connectivity index is 1.39. The molecule has 3 rings (SSSR count). The van der Waals surface area contributed by atoms with E-state index < -0.39 is 0 Å². The van der Waals surface area contributed by atoms with Crippen molar-refractivity contribution in [2.24, 2.45) is 11.8 Å². The molecule has 18 heavy (non-hydrogen) atoms. The third-order valence-corrected chi connectivity index (χ3v) is 4.12. The first-order valence-corrected chi connectivity index (χ1v) is 7.59. The van der Waals surface area contributed by atoms with E-state index in [-0.39, 0.29) is 0 Å². The van der Waals surface area contributed by atoms with E-state index in [1.807, 2.05) is 6.07 Å². The van der Waals surface area contributed by atoms with Gasteiger partial charge in [-0.2, -0.15) is 0 Å². The van der Waals surface area contributed by atoms with Crippen LogP contribution >= 0.6 is 15.9 Å². The molecule has 4 heteroatoms. The molecule has 0 aromatic carbocycles. The van der Waals surface area contributed by atoms with Gasteiger partial charge in [0, 0.05) is 23.3 Å². The number of hydrogen-bond acceptors (Lipinski definition) is 3. The van der Waals surface area contributed by atoms with Crippen LogP contribution in [0.25, 0.3) is 0 Å². The van der Waals surface area contributed by atoms with Gasteiger partial charge in [-0.05, 0) is 59.5 Å². The van der Waals surface area contributed by atoms with Crippen LogP contribution in [0.15, 0.2) is 22.9 Å². The maximum absolute atomic E-state index is 5.68. The molecule has 2 fully saturated rings. The molecule has 0 spiro atoms. The number of pyridine rings is 1. The van der Waals surface area contributed by atoms with Gasteiger partial charge in [-0.15, -0.1) is 0 Å². The number of ether oxygens (including phenoxy) is 1. The summed E-state index contributed by atoms with van der Waals surface area (Å²) in [6.07, 6.45) is 9.20. The van der Waals surface area contributed by atoms with Crippen molar-refractivity contribution < 1.29 is 4.74 Å². The molecule has 98 valence electrons. The highest BCUT2D eigenvalue weighted by Crippen LogP contribution is 2.44. The summed E-state index contributed by atoms with van der Waals surface area (Å²) < 4.78 is 6.64. The molecule has 0 atom stereocenters.